The molecule has 2 N–H and O–H groups in total. The zero-order valence-electron chi connectivity index (χ0n) is 14.5. The molecule has 0 saturated carbocycles. The second-order valence-electron chi connectivity index (χ2n) is 5.33. The number of methoxy groups -OCH3 is 1. The lowest BCUT2D eigenvalue weighted by molar-refractivity contribution is -0.139. The summed E-state index contributed by atoms with van der Waals surface area (Å²) in [5.74, 6) is -1.94. The van der Waals surface area contributed by atoms with Crippen molar-refractivity contribution in [1.82, 2.24) is 10.2 Å². The molecule has 3 amide bonds. The Labute approximate surface area is 159 Å². The smallest absolute Gasteiger partial charge is 0.341 e. The molecule has 2 rings (SSSR count). The van der Waals surface area contributed by atoms with E-state index in [-0.39, 0.29) is 23.7 Å². The first kappa shape index (κ1) is 20.5. The van der Waals surface area contributed by atoms with Crippen LogP contribution in [0.3, 0.4) is 0 Å². The normalized spacial score (nSPS) is 15.3. The van der Waals surface area contributed by atoms with Gasteiger partial charge in [0.05, 0.1) is 11.5 Å². The fourth-order valence-corrected chi connectivity index (χ4v) is 2.97. The molecule has 1 aliphatic heterocycles. The molecule has 144 valence electrons. The van der Waals surface area contributed by atoms with Gasteiger partial charge in [-0.25, -0.2) is 4.79 Å². The second kappa shape index (κ2) is 9.74. The zero-order valence-corrected chi connectivity index (χ0v) is 15.3. The number of hydrogen-bond acceptors (Lipinski definition) is 7. The number of carbonyl (C=O) groups is 4. The molecule has 1 aliphatic rings. The van der Waals surface area contributed by atoms with Gasteiger partial charge in [-0.15, -0.1) is 0 Å². The van der Waals surface area contributed by atoms with Gasteiger partial charge >= 0.3 is 5.97 Å². The van der Waals surface area contributed by atoms with Crippen LogP contribution >= 0.6 is 11.8 Å². The molecule has 0 aromatic heterocycles. The van der Waals surface area contributed by atoms with Gasteiger partial charge in [0.25, 0.3) is 11.1 Å². The summed E-state index contributed by atoms with van der Waals surface area (Å²) in [6, 6.07) is 6.53. The molecule has 9 nitrogen and oxygen atoms in total. The molecule has 0 radical (unpaired) electrons. The van der Waals surface area contributed by atoms with Crippen LogP contribution < -0.4 is 10.1 Å². The topological polar surface area (TPSA) is 122 Å². The third-order valence-electron chi connectivity index (χ3n) is 3.36. The lowest BCUT2D eigenvalue weighted by Crippen LogP contribution is -2.40. The third kappa shape index (κ3) is 5.83. The highest BCUT2D eigenvalue weighted by Gasteiger charge is 2.36. The maximum Gasteiger partial charge on any atom is 0.341 e. The number of para-hydroxylation sites is 1. The van der Waals surface area contributed by atoms with Crippen LogP contribution in [0.2, 0.25) is 0 Å². The molecule has 0 spiro atoms. The van der Waals surface area contributed by atoms with Gasteiger partial charge in [-0.1, -0.05) is 18.2 Å². The summed E-state index contributed by atoms with van der Waals surface area (Å²) in [6.07, 6.45) is 1.44. The van der Waals surface area contributed by atoms with E-state index in [1.54, 1.807) is 24.3 Å². The molecule has 1 aromatic rings. The molecule has 1 fully saturated rings. The van der Waals surface area contributed by atoms with Crippen molar-refractivity contribution in [3.05, 3.63) is 34.7 Å². The van der Waals surface area contributed by atoms with E-state index >= 15 is 0 Å². The van der Waals surface area contributed by atoms with E-state index in [0.717, 1.165) is 4.90 Å². The quantitative estimate of drug-likeness (QED) is 0.469. The number of carboxylic acids is 1. The monoisotopic (exact) mass is 394 g/mol. The van der Waals surface area contributed by atoms with Crippen LogP contribution in [-0.2, 0) is 19.1 Å². The first-order chi connectivity index (χ1) is 12.9. The molecule has 10 heteroatoms. The average Bonchev–Trinajstić information content (AvgIpc) is 2.88. The second-order valence-corrected chi connectivity index (χ2v) is 6.32. The molecule has 0 atom stereocenters. The van der Waals surface area contributed by atoms with E-state index in [2.05, 4.69) is 5.32 Å². The number of carboxylic acid groups (broad SMARTS) is 1. The van der Waals surface area contributed by atoms with Gasteiger partial charge in [0, 0.05) is 19.2 Å². The SMILES string of the molecule is COCCNC(=O)CN1C(=O)S/C(=C\c2ccccc2OCC(=O)O)C1=O. The maximum atomic E-state index is 12.4. The number of rotatable bonds is 9. The van der Waals surface area contributed by atoms with Gasteiger partial charge in [-0.3, -0.25) is 19.3 Å². The van der Waals surface area contributed by atoms with Crippen LogP contribution in [0.1, 0.15) is 5.56 Å². The molecule has 27 heavy (non-hydrogen) atoms. The maximum absolute atomic E-state index is 12.4. The Morgan fingerprint density at radius 2 is 2.04 bits per heavy atom. The van der Waals surface area contributed by atoms with Gasteiger partial charge in [0.2, 0.25) is 5.91 Å². The molecule has 1 saturated heterocycles. The first-order valence-electron chi connectivity index (χ1n) is 7.87. The number of benzene rings is 1. The van der Waals surface area contributed by atoms with Crippen LogP contribution in [0.25, 0.3) is 6.08 Å². The summed E-state index contributed by atoms with van der Waals surface area (Å²) in [5.41, 5.74) is 0.453. The van der Waals surface area contributed by atoms with E-state index in [1.807, 2.05) is 0 Å². The highest BCUT2D eigenvalue weighted by Crippen LogP contribution is 2.33. The van der Waals surface area contributed by atoms with E-state index < -0.39 is 29.6 Å². The van der Waals surface area contributed by atoms with Crippen LogP contribution in [-0.4, -0.2) is 66.4 Å². The van der Waals surface area contributed by atoms with Crippen molar-refractivity contribution >= 4 is 40.9 Å². The number of nitrogens with zero attached hydrogens (tertiary/aromatic N) is 1. The fourth-order valence-electron chi connectivity index (χ4n) is 2.14. The zero-order chi connectivity index (χ0) is 19.8. The Kier molecular flexibility index (Phi) is 7.38. The van der Waals surface area contributed by atoms with E-state index in [9.17, 15) is 19.2 Å². The van der Waals surface area contributed by atoms with E-state index in [1.165, 1.54) is 13.2 Å². The van der Waals surface area contributed by atoms with Crippen molar-refractivity contribution in [2.75, 3.05) is 33.4 Å². The molecule has 0 aliphatic carbocycles. The summed E-state index contributed by atoms with van der Waals surface area (Å²) in [6.45, 7) is -0.326. The van der Waals surface area contributed by atoms with Crippen LogP contribution in [0.15, 0.2) is 29.2 Å². The predicted molar refractivity (Wildman–Crippen MR) is 97.1 cm³/mol. The molecule has 1 aromatic carbocycles. The summed E-state index contributed by atoms with van der Waals surface area (Å²) in [5, 5.41) is 10.7. The molecule has 0 bridgehead atoms. The number of hydrogen-bond donors (Lipinski definition) is 2. The lowest BCUT2D eigenvalue weighted by Gasteiger charge is -2.12. The van der Waals surface area contributed by atoms with Gasteiger partial charge in [-0.2, -0.15) is 0 Å². The molecular formula is C17H18N2O7S. The number of nitrogens with one attached hydrogen (secondary N) is 1. The molecule has 0 unspecified atom stereocenters. The fraction of sp³-hybridized carbons (Fsp3) is 0.294. The van der Waals surface area contributed by atoms with Gasteiger partial charge < -0.3 is 19.9 Å². The van der Waals surface area contributed by atoms with Crippen LogP contribution in [0.4, 0.5) is 4.79 Å². The van der Waals surface area contributed by atoms with Crippen LogP contribution in [0.5, 0.6) is 5.75 Å². The number of imide groups is 1. The van der Waals surface area contributed by atoms with E-state index in [4.69, 9.17) is 14.6 Å². The highest BCUT2D eigenvalue weighted by atomic mass is 32.2. The lowest BCUT2D eigenvalue weighted by atomic mass is 10.2. The number of aliphatic carboxylic acids is 1. The molecule has 1 heterocycles. The van der Waals surface area contributed by atoms with Crippen molar-refractivity contribution in [1.29, 1.82) is 0 Å². The largest absolute Gasteiger partial charge is 0.481 e. The van der Waals surface area contributed by atoms with Crippen molar-refractivity contribution in [2.24, 2.45) is 0 Å². The average molecular weight is 394 g/mol. The third-order valence-corrected chi connectivity index (χ3v) is 4.27. The summed E-state index contributed by atoms with van der Waals surface area (Å²) < 4.78 is 9.99. The highest BCUT2D eigenvalue weighted by molar-refractivity contribution is 8.18. The Morgan fingerprint density at radius 1 is 1.30 bits per heavy atom. The number of ether oxygens (including phenoxy) is 2. The van der Waals surface area contributed by atoms with Gasteiger partial charge in [-0.05, 0) is 23.9 Å². The minimum Gasteiger partial charge on any atom is -0.481 e. The summed E-state index contributed by atoms with van der Waals surface area (Å²) in [4.78, 5) is 48.0. The first-order valence-corrected chi connectivity index (χ1v) is 8.68. The van der Waals surface area contributed by atoms with Crippen molar-refractivity contribution < 1.29 is 33.8 Å². The van der Waals surface area contributed by atoms with Gasteiger partial charge in [0.15, 0.2) is 6.61 Å². The Bertz CT molecular complexity index is 778. The molecular weight excluding hydrogens is 376 g/mol. The van der Waals surface area contributed by atoms with Crippen molar-refractivity contribution in [3.63, 3.8) is 0 Å². The number of carbonyl (C=O) groups excluding carboxylic acids is 3. The minimum atomic E-state index is -1.13. The minimum absolute atomic E-state index is 0.121. The predicted octanol–water partition coefficient (Wildman–Crippen LogP) is 0.949. The Morgan fingerprint density at radius 3 is 2.74 bits per heavy atom. The van der Waals surface area contributed by atoms with Crippen LogP contribution in [0, 0.1) is 0 Å². The number of amides is 3. The van der Waals surface area contributed by atoms with Crippen molar-refractivity contribution in [3.8, 4) is 5.75 Å². The standard InChI is InChI=1S/C17H18N2O7S/c1-25-7-6-18-14(20)9-19-16(23)13(27-17(19)24)8-11-4-2-3-5-12(11)26-10-15(21)22/h2-5,8H,6-7,9-10H2,1H3,(H,18,20)(H,21,22)/b13-8-. The van der Waals surface area contributed by atoms with Gasteiger partial charge in [0.1, 0.15) is 12.3 Å². The van der Waals surface area contributed by atoms with E-state index in [0.29, 0.717) is 23.9 Å². The van der Waals surface area contributed by atoms with Crippen molar-refractivity contribution in [2.45, 2.75) is 0 Å². The Balaban J connectivity index is 2.10. The Hall–Kier alpha value is -2.85. The number of thioether (sulfide) groups is 1. The summed E-state index contributed by atoms with van der Waals surface area (Å²) in [7, 11) is 1.49. The summed E-state index contributed by atoms with van der Waals surface area (Å²) >= 11 is 0.702.